The van der Waals surface area contributed by atoms with E-state index in [0.717, 1.165) is 23.6 Å². The Bertz CT molecular complexity index is 566. The van der Waals surface area contributed by atoms with Crippen LogP contribution >= 0.6 is 11.6 Å². The van der Waals surface area contributed by atoms with Gasteiger partial charge in [-0.2, -0.15) is 0 Å². The van der Waals surface area contributed by atoms with E-state index in [0.29, 0.717) is 17.6 Å². The molecule has 1 aromatic heterocycles. The third kappa shape index (κ3) is 3.99. The summed E-state index contributed by atoms with van der Waals surface area (Å²) in [4.78, 5) is 4.39. The number of nitrogens with one attached hydrogen (secondary N) is 1. The van der Waals surface area contributed by atoms with Crippen LogP contribution in [0.4, 0.5) is 0 Å². The maximum absolute atomic E-state index is 6.04. The third-order valence-corrected chi connectivity index (χ3v) is 3.21. The number of methoxy groups -OCH3 is 1. The highest BCUT2D eigenvalue weighted by atomic mass is 35.5. The minimum atomic E-state index is 0.452. The van der Waals surface area contributed by atoms with Crippen LogP contribution in [0.25, 0.3) is 0 Å². The van der Waals surface area contributed by atoms with Gasteiger partial charge < -0.3 is 14.6 Å². The van der Waals surface area contributed by atoms with E-state index in [2.05, 4.69) is 24.1 Å². The molecule has 0 saturated heterocycles. The Kier molecular flexibility index (Phi) is 5.04. The number of ether oxygens (including phenoxy) is 1. The molecular formula is C15H20ClN3O. The summed E-state index contributed by atoms with van der Waals surface area (Å²) in [6.07, 6.45) is 3.87. The molecule has 0 aliphatic carbocycles. The highest BCUT2D eigenvalue weighted by Gasteiger charge is 2.06. The van der Waals surface area contributed by atoms with Crippen LogP contribution in [0.5, 0.6) is 5.75 Å². The van der Waals surface area contributed by atoms with Crippen LogP contribution in [0.2, 0.25) is 5.02 Å². The van der Waals surface area contributed by atoms with E-state index in [9.17, 15) is 0 Å². The molecule has 0 atom stereocenters. The summed E-state index contributed by atoms with van der Waals surface area (Å²) in [5, 5.41) is 4.06. The van der Waals surface area contributed by atoms with Crippen molar-refractivity contribution >= 4 is 11.6 Å². The standard InChI is InChI=1S/C15H20ClN3O/c1-11(2)17-7-14-9-19(10-18-14)8-12-6-13(16)4-5-15(12)20-3/h4-6,9-11,17H,7-8H2,1-3H3. The van der Waals surface area contributed by atoms with Gasteiger partial charge in [0.15, 0.2) is 0 Å². The van der Waals surface area contributed by atoms with Gasteiger partial charge in [-0.15, -0.1) is 0 Å². The zero-order chi connectivity index (χ0) is 14.5. The molecule has 1 aromatic carbocycles. The second kappa shape index (κ2) is 6.77. The zero-order valence-electron chi connectivity index (χ0n) is 12.1. The molecule has 0 aliphatic rings. The summed E-state index contributed by atoms with van der Waals surface area (Å²) in [6.45, 7) is 5.71. The van der Waals surface area contributed by atoms with Crippen molar-refractivity contribution in [2.45, 2.75) is 33.0 Å². The Labute approximate surface area is 124 Å². The predicted octanol–water partition coefficient (Wildman–Crippen LogP) is 3.09. The number of rotatable bonds is 6. The fraction of sp³-hybridized carbons (Fsp3) is 0.400. The van der Waals surface area contributed by atoms with E-state index in [-0.39, 0.29) is 0 Å². The first-order chi connectivity index (χ1) is 9.58. The van der Waals surface area contributed by atoms with Gasteiger partial charge in [-0.3, -0.25) is 0 Å². The number of hydrogen-bond acceptors (Lipinski definition) is 3. The molecule has 0 radical (unpaired) electrons. The van der Waals surface area contributed by atoms with Gasteiger partial charge in [-0.25, -0.2) is 4.98 Å². The SMILES string of the molecule is COc1ccc(Cl)cc1Cn1cnc(CNC(C)C)c1. The average molecular weight is 294 g/mol. The van der Waals surface area contributed by atoms with Crippen LogP contribution in [0.3, 0.4) is 0 Å². The van der Waals surface area contributed by atoms with Gasteiger partial charge in [0.25, 0.3) is 0 Å². The lowest BCUT2D eigenvalue weighted by Crippen LogP contribution is -2.21. The Morgan fingerprint density at radius 1 is 1.40 bits per heavy atom. The van der Waals surface area contributed by atoms with E-state index in [1.54, 1.807) is 7.11 Å². The van der Waals surface area contributed by atoms with Crippen LogP contribution < -0.4 is 10.1 Å². The molecule has 0 saturated carbocycles. The number of benzene rings is 1. The minimum Gasteiger partial charge on any atom is -0.496 e. The van der Waals surface area contributed by atoms with Crippen LogP contribution in [0.15, 0.2) is 30.7 Å². The highest BCUT2D eigenvalue weighted by Crippen LogP contribution is 2.23. The second-order valence-electron chi connectivity index (χ2n) is 5.03. The fourth-order valence-corrected chi connectivity index (χ4v) is 2.15. The van der Waals surface area contributed by atoms with E-state index >= 15 is 0 Å². The largest absolute Gasteiger partial charge is 0.496 e. The summed E-state index contributed by atoms with van der Waals surface area (Å²) in [5.74, 6) is 0.838. The molecule has 20 heavy (non-hydrogen) atoms. The summed E-state index contributed by atoms with van der Waals surface area (Å²) < 4.78 is 7.39. The van der Waals surface area contributed by atoms with E-state index in [1.165, 1.54) is 0 Å². The van der Waals surface area contributed by atoms with Gasteiger partial charge in [0.1, 0.15) is 5.75 Å². The molecule has 2 rings (SSSR count). The van der Waals surface area contributed by atoms with Crippen molar-refractivity contribution in [3.05, 3.63) is 47.0 Å². The predicted molar refractivity (Wildman–Crippen MR) is 81.3 cm³/mol. The van der Waals surface area contributed by atoms with Gasteiger partial charge in [-0.1, -0.05) is 25.4 Å². The molecule has 0 spiro atoms. The third-order valence-electron chi connectivity index (χ3n) is 2.97. The summed E-state index contributed by atoms with van der Waals surface area (Å²) in [6, 6.07) is 6.09. The van der Waals surface area contributed by atoms with E-state index in [4.69, 9.17) is 16.3 Å². The van der Waals surface area contributed by atoms with Crippen molar-refractivity contribution in [2.75, 3.05) is 7.11 Å². The molecule has 5 heteroatoms. The van der Waals surface area contributed by atoms with Crippen molar-refractivity contribution in [1.29, 1.82) is 0 Å². The van der Waals surface area contributed by atoms with E-state index in [1.807, 2.05) is 35.3 Å². The number of hydrogen-bond donors (Lipinski definition) is 1. The maximum atomic E-state index is 6.04. The lowest BCUT2D eigenvalue weighted by Gasteiger charge is -2.09. The van der Waals surface area contributed by atoms with Crippen molar-refractivity contribution in [3.8, 4) is 5.75 Å². The van der Waals surface area contributed by atoms with Crippen LogP contribution in [0, 0.1) is 0 Å². The first-order valence-electron chi connectivity index (χ1n) is 6.65. The van der Waals surface area contributed by atoms with E-state index < -0.39 is 0 Å². The van der Waals surface area contributed by atoms with Gasteiger partial charge in [0.2, 0.25) is 0 Å². The average Bonchev–Trinajstić information content (AvgIpc) is 2.84. The molecule has 2 aromatic rings. The number of aromatic nitrogens is 2. The summed E-state index contributed by atoms with van der Waals surface area (Å²) in [7, 11) is 1.67. The minimum absolute atomic E-state index is 0.452. The van der Waals surface area contributed by atoms with Crippen molar-refractivity contribution in [2.24, 2.45) is 0 Å². The number of nitrogens with zero attached hydrogens (tertiary/aromatic N) is 2. The topological polar surface area (TPSA) is 39.1 Å². The number of halogens is 1. The second-order valence-corrected chi connectivity index (χ2v) is 5.47. The maximum Gasteiger partial charge on any atom is 0.123 e. The lowest BCUT2D eigenvalue weighted by atomic mass is 10.2. The smallest absolute Gasteiger partial charge is 0.123 e. The molecule has 0 aliphatic heterocycles. The normalized spacial score (nSPS) is 11.1. The Balaban J connectivity index is 2.08. The summed E-state index contributed by atoms with van der Waals surface area (Å²) in [5.41, 5.74) is 2.07. The van der Waals surface area contributed by atoms with Crippen molar-refractivity contribution < 1.29 is 4.74 Å². The van der Waals surface area contributed by atoms with Gasteiger partial charge >= 0.3 is 0 Å². The molecule has 0 fully saturated rings. The lowest BCUT2D eigenvalue weighted by molar-refractivity contribution is 0.408. The quantitative estimate of drug-likeness (QED) is 0.889. The van der Waals surface area contributed by atoms with Crippen LogP contribution in [-0.2, 0) is 13.1 Å². The first kappa shape index (κ1) is 14.9. The molecule has 0 amide bonds. The Morgan fingerprint density at radius 2 is 2.20 bits per heavy atom. The summed E-state index contributed by atoms with van der Waals surface area (Å²) >= 11 is 6.04. The van der Waals surface area contributed by atoms with Gasteiger partial charge in [0, 0.05) is 29.4 Å². The fourth-order valence-electron chi connectivity index (χ4n) is 1.96. The van der Waals surface area contributed by atoms with Crippen LogP contribution in [0.1, 0.15) is 25.1 Å². The van der Waals surface area contributed by atoms with Gasteiger partial charge in [0.05, 0.1) is 25.7 Å². The molecule has 1 heterocycles. The molecule has 108 valence electrons. The molecule has 0 unspecified atom stereocenters. The van der Waals surface area contributed by atoms with Crippen molar-refractivity contribution in [3.63, 3.8) is 0 Å². The monoisotopic (exact) mass is 293 g/mol. The molecule has 1 N–H and O–H groups in total. The Morgan fingerprint density at radius 3 is 2.90 bits per heavy atom. The molecular weight excluding hydrogens is 274 g/mol. The van der Waals surface area contributed by atoms with Crippen LogP contribution in [-0.4, -0.2) is 22.7 Å². The first-order valence-corrected chi connectivity index (χ1v) is 7.02. The molecule has 0 bridgehead atoms. The number of imidazole rings is 1. The Hall–Kier alpha value is -1.52. The van der Waals surface area contributed by atoms with Crippen molar-refractivity contribution in [1.82, 2.24) is 14.9 Å². The zero-order valence-corrected chi connectivity index (χ0v) is 12.8. The molecule has 4 nitrogen and oxygen atoms in total. The van der Waals surface area contributed by atoms with Gasteiger partial charge in [-0.05, 0) is 18.2 Å². The highest BCUT2D eigenvalue weighted by molar-refractivity contribution is 6.30.